The quantitative estimate of drug-likeness (QED) is 0.435. The zero-order valence-corrected chi connectivity index (χ0v) is 18.9. The van der Waals surface area contributed by atoms with Crippen LogP contribution >= 0.6 is 11.3 Å². The van der Waals surface area contributed by atoms with Crippen LogP contribution in [0.1, 0.15) is 29.8 Å². The number of carbonyl (C=O) groups is 2. The summed E-state index contributed by atoms with van der Waals surface area (Å²) in [6.07, 6.45) is 0. The molecule has 1 heterocycles. The number of nitrogens with zero attached hydrogens (tertiary/aromatic N) is 2. The largest absolute Gasteiger partial charge is 0.340 e. The maximum absolute atomic E-state index is 12.9. The lowest BCUT2D eigenvalue weighted by Gasteiger charge is -2.21. The Morgan fingerprint density at radius 2 is 1.69 bits per heavy atom. The van der Waals surface area contributed by atoms with Crippen LogP contribution in [0, 0.1) is 12.8 Å². The van der Waals surface area contributed by atoms with Gasteiger partial charge in [0.05, 0.1) is 0 Å². The zero-order chi connectivity index (χ0) is 22.7. The Labute approximate surface area is 190 Å². The van der Waals surface area contributed by atoms with Gasteiger partial charge in [0.1, 0.15) is 11.0 Å². The number of aromatic nitrogens is 2. The molecule has 0 radical (unpaired) electrons. The molecule has 0 unspecified atom stereocenters. The Morgan fingerprint density at radius 3 is 2.44 bits per heavy atom. The maximum atomic E-state index is 12.9. The molecule has 2 amide bonds. The lowest BCUT2D eigenvalue weighted by molar-refractivity contribution is -0.118. The van der Waals surface area contributed by atoms with Crippen LogP contribution in [0.25, 0.3) is 21.3 Å². The van der Waals surface area contributed by atoms with E-state index in [-0.39, 0.29) is 17.7 Å². The molecule has 2 N–H and O–H groups in total. The third-order valence-electron chi connectivity index (χ3n) is 5.17. The predicted octanol–water partition coefficient (Wildman–Crippen LogP) is 5.06. The molecule has 4 aromatic rings. The van der Waals surface area contributed by atoms with E-state index in [0.717, 1.165) is 26.9 Å². The van der Waals surface area contributed by atoms with Crippen molar-refractivity contribution in [3.63, 3.8) is 0 Å². The molecular weight excluding hydrogens is 420 g/mol. The highest BCUT2D eigenvalue weighted by Gasteiger charge is 2.26. The van der Waals surface area contributed by atoms with E-state index in [1.807, 2.05) is 81.4 Å². The first-order valence-electron chi connectivity index (χ1n) is 10.4. The van der Waals surface area contributed by atoms with E-state index in [0.29, 0.717) is 10.7 Å². The molecule has 1 aromatic heterocycles. The summed E-state index contributed by atoms with van der Waals surface area (Å²) < 4.78 is 0. The summed E-state index contributed by atoms with van der Waals surface area (Å²) in [4.78, 5) is 25.8. The number of benzene rings is 3. The van der Waals surface area contributed by atoms with Crippen molar-refractivity contribution in [3.05, 3.63) is 77.9 Å². The van der Waals surface area contributed by atoms with Gasteiger partial charge in [0.25, 0.3) is 5.91 Å². The molecule has 32 heavy (non-hydrogen) atoms. The van der Waals surface area contributed by atoms with Crippen molar-refractivity contribution in [2.45, 2.75) is 26.8 Å². The van der Waals surface area contributed by atoms with E-state index in [2.05, 4.69) is 20.8 Å². The van der Waals surface area contributed by atoms with Crippen molar-refractivity contribution in [3.8, 4) is 10.6 Å². The van der Waals surface area contributed by atoms with Crippen molar-refractivity contribution in [2.75, 3.05) is 5.32 Å². The van der Waals surface area contributed by atoms with E-state index >= 15 is 0 Å². The van der Waals surface area contributed by atoms with Crippen LogP contribution in [0.2, 0.25) is 0 Å². The van der Waals surface area contributed by atoms with Gasteiger partial charge in [-0.25, -0.2) is 0 Å². The standard InChI is InChI=1S/C25H24N4O2S/c1-15(2)21(26-22(30)19-12-11-17-8-4-5-9-18(17)14-19)23(31)27-25-29-28-24(32-25)20-10-6-7-16(3)13-20/h4-15,21H,1-3H3,(H,26,30)(H,27,29,31)/t21-/m1/s1. The molecule has 0 saturated carbocycles. The minimum Gasteiger partial charge on any atom is -0.340 e. The number of anilines is 1. The molecule has 0 aliphatic heterocycles. The number of aryl methyl sites for hydroxylation is 1. The summed E-state index contributed by atoms with van der Waals surface area (Å²) in [7, 11) is 0. The minimum atomic E-state index is -0.708. The van der Waals surface area contributed by atoms with Crippen molar-refractivity contribution in [1.82, 2.24) is 15.5 Å². The zero-order valence-electron chi connectivity index (χ0n) is 18.1. The second kappa shape index (κ2) is 9.28. The van der Waals surface area contributed by atoms with Gasteiger partial charge in [0.15, 0.2) is 0 Å². The van der Waals surface area contributed by atoms with Gasteiger partial charge in [-0.15, -0.1) is 10.2 Å². The molecule has 6 nitrogen and oxygen atoms in total. The fraction of sp³-hybridized carbons (Fsp3) is 0.200. The Bertz CT molecular complexity index is 1280. The van der Waals surface area contributed by atoms with Gasteiger partial charge in [0.2, 0.25) is 11.0 Å². The van der Waals surface area contributed by atoms with Gasteiger partial charge in [-0.3, -0.25) is 14.9 Å². The third kappa shape index (κ3) is 4.84. The summed E-state index contributed by atoms with van der Waals surface area (Å²) in [6, 6.07) is 20.6. The first-order chi connectivity index (χ1) is 15.4. The molecule has 0 saturated heterocycles. The second-order valence-corrected chi connectivity index (χ2v) is 9.01. The van der Waals surface area contributed by atoms with Gasteiger partial charge in [-0.1, -0.05) is 79.3 Å². The molecule has 0 fully saturated rings. The number of nitrogens with one attached hydrogen (secondary N) is 2. The van der Waals surface area contributed by atoms with E-state index in [9.17, 15) is 9.59 Å². The molecule has 0 aliphatic rings. The van der Waals surface area contributed by atoms with E-state index < -0.39 is 6.04 Å². The third-order valence-corrected chi connectivity index (χ3v) is 6.06. The predicted molar refractivity (Wildman–Crippen MR) is 129 cm³/mol. The normalized spacial score (nSPS) is 12.0. The average Bonchev–Trinajstić information content (AvgIpc) is 3.25. The van der Waals surface area contributed by atoms with Crippen LogP contribution in [-0.4, -0.2) is 28.1 Å². The van der Waals surface area contributed by atoms with Crippen LogP contribution in [0.5, 0.6) is 0 Å². The van der Waals surface area contributed by atoms with Crippen LogP contribution in [0.4, 0.5) is 5.13 Å². The lowest BCUT2D eigenvalue weighted by atomic mass is 10.0. The molecule has 7 heteroatoms. The Kier molecular flexibility index (Phi) is 6.28. The number of hydrogen-bond acceptors (Lipinski definition) is 5. The van der Waals surface area contributed by atoms with Gasteiger partial charge in [-0.2, -0.15) is 0 Å². The van der Waals surface area contributed by atoms with E-state index in [1.165, 1.54) is 11.3 Å². The summed E-state index contributed by atoms with van der Waals surface area (Å²) >= 11 is 1.30. The van der Waals surface area contributed by atoms with Crippen LogP contribution < -0.4 is 10.6 Å². The number of carbonyl (C=O) groups excluding carboxylic acids is 2. The molecule has 162 valence electrons. The van der Waals surface area contributed by atoms with Gasteiger partial charge in [0, 0.05) is 11.1 Å². The molecule has 1 atom stereocenters. The molecule has 0 spiro atoms. The fourth-order valence-electron chi connectivity index (χ4n) is 3.44. The highest BCUT2D eigenvalue weighted by molar-refractivity contribution is 7.18. The summed E-state index contributed by atoms with van der Waals surface area (Å²) in [5.74, 6) is -0.716. The molecule has 4 rings (SSSR count). The minimum absolute atomic E-state index is 0.108. The van der Waals surface area contributed by atoms with Crippen molar-refractivity contribution >= 4 is 39.1 Å². The fourth-order valence-corrected chi connectivity index (χ4v) is 4.18. The first-order valence-corrected chi connectivity index (χ1v) is 11.2. The Hall–Kier alpha value is -3.58. The van der Waals surface area contributed by atoms with Gasteiger partial charge >= 0.3 is 0 Å². The van der Waals surface area contributed by atoms with Crippen molar-refractivity contribution in [1.29, 1.82) is 0 Å². The number of amides is 2. The molecule has 0 bridgehead atoms. The van der Waals surface area contributed by atoms with E-state index in [4.69, 9.17) is 0 Å². The molecular formula is C25H24N4O2S. The first kappa shape index (κ1) is 21.6. The highest BCUT2D eigenvalue weighted by atomic mass is 32.1. The summed E-state index contributed by atoms with van der Waals surface area (Å²) in [5.41, 5.74) is 2.59. The monoisotopic (exact) mass is 444 g/mol. The average molecular weight is 445 g/mol. The SMILES string of the molecule is Cc1cccc(-c2nnc(NC(=O)[C@H](NC(=O)c3ccc4ccccc4c3)C(C)C)s2)c1. The second-order valence-electron chi connectivity index (χ2n) is 8.03. The van der Waals surface area contributed by atoms with Crippen LogP contribution in [-0.2, 0) is 4.79 Å². The smallest absolute Gasteiger partial charge is 0.251 e. The summed E-state index contributed by atoms with van der Waals surface area (Å²) in [6.45, 7) is 5.80. The number of fused-ring (bicyclic) bond motifs is 1. The topological polar surface area (TPSA) is 84.0 Å². The highest BCUT2D eigenvalue weighted by Crippen LogP contribution is 2.27. The molecule has 3 aromatic carbocycles. The Balaban J connectivity index is 1.47. The number of rotatable bonds is 6. The van der Waals surface area contributed by atoms with Crippen molar-refractivity contribution < 1.29 is 9.59 Å². The van der Waals surface area contributed by atoms with Gasteiger partial charge in [-0.05, 0) is 41.8 Å². The van der Waals surface area contributed by atoms with E-state index in [1.54, 1.807) is 6.07 Å². The maximum Gasteiger partial charge on any atom is 0.251 e. The molecule has 0 aliphatic carbocycles. The van der Waals surface area contributed by atoms with Crippen LogP contribution in [0.15, 0.2) is 66.7 Å². The van der Waals surface area contributed by atoms with Crippen molar-refractivity contribution in [2.24, 2.45) is 5.92 Å². The Morgan fingerprint density at radius 1 is 0.906 bits per heavy atom. The number of hydrogen-bond donors (Lipinski definition) is 2. The van der Waals surface area contributed by atoms with Gasteiger partial charge < -0.3 is 5.32 Å². The van der Waals surface area contributed by atoms with Crippen LogP contribution in [0.3, 0.4) is 0 Å². The summed E-state index contributed by atoms with van der Waals surface area (Å²) in [5, 5.41) is 17.1. The lowest BCUT2D eigenvalue weighted by Crippen LogP contribution is -2.47.